The van der Waals surface area contributed by atoms with Gasteiger partial charge < -0.3 is 30.9 Å². The maximum atomic E-state index is 13.0. The number of thiazole rings is 1. The molecule has 2 aliphatic heterocycles. The van der Waals surface area contributed by atoms with Crippen molar-refractivity contribution >= 4 is 79.1 Å². The lowest BCUT2D eigenvalue weighted by atomic mass is 10.0. The number of nitrogens with one attached hydrogen (secondary N) is 1. The molecule has 0 unspecified atom stereocenters. The number of anilines is 1. The molecule has 38 heavy (non-hydrogen) atoms. The lowest BCUT2D eigenvalue weighted by Crippen LogP contribution is -2.71. The average Bonchev–Trinajstić information content (AvgIpc) is 3.51. The minimum Gasteiger partial charge on any atom is -0.543 e. The molecule has 16 heteroatoms. The van der Waals surface area contributed by atoms with E-state index in [0.29, 0.717) is 11.0 Å². The van der Waals surface area contributed by atoms with Crippen molar-refractivity contribution in [2.45, 2.75) is 18.0 Å². The van der Waals surface area contributed by atoms with Crippen LogP contribution in [-0.4, -0.2) is 68.7 Å². The van der Waals surface area contributed by atoms with Crippen LogP contribution in [0.1, 0.15) is 15.4 Å². The number of hydrogen-bond acceptors (Lipinski definition) is 12. The maximum Gasteiger partial charge on any atom is 0.345 e. The molecule has 0 bridgehead atoms. The first-order valence-corrected chi connectivity index (χ1v) is 13.6. The Morgan fingerprint density at radius 2 is 2.21 bits per heavy atom. The SMILES string of the molecule is CO/N=C(\C(=O)N[C@@H]1C(=O)N2C(C(=O)[O-])=C(C[n+]3ccc4sc(C(=O)O)cc4c3)CS[C@H]12)c1csc(N)n1. The zero-order chi connectivity index (χ0) is 27.1. The molecule has 0 aliphatic carbocycles. The van der Waals surface area contributed by atoms with Gasteiger partial charge in [0.2, 0.25) is 0 Å². The fourth-order valence-corrected chi connectivity index (χ4v) is 6.91. The number of hydrogen-bond donors (Lipinski definition) is 3. The van der Waals surface area contributed by atoms with Gasteiger partial charge in [-0.25, -0.2) is 14.3 Å². The summed E-state index contributed by atoms with van der Waals surface area (Å²) in [6.07, 6.45) is 3.43. The molecule has 1 fully saturated rings. The number of β-lactam (4-membered cyclic amide) rings is 1. The van der Waals surface area contributed by atoms with E-state index >= 15 is 0 Å². The number of thiophene rings is 1. The average molecular weight is 575 g/mol. The van der Waals surface area contributed by atoms with Crippen LogP contribution in [0, 0.1) is 0 Å². The van der Waals surface area contributed by atoms with E-state index in [2.05, 4.69) is 15.5 Å². The molecule has 5 heterocycles. The van der Waals surface area contributed by atoms with Crippen molar-refractivity contribution < 1.29 is 38.8 Å². The van der Waals surface area contributed by atoms with Gasteiger partial charge in [0.1, 0.15) is 29.1 Å². The Hall–Kier alpha value is -4.02. The van der Waals surface area contributed by atoms with Crippen molar-refractivity contribution in [3.8, 4) is 0 Å². The van der Waals surface area contributed by atoms with Crippen LogP contribution >= 0.6 is 34.4 Å². The Morgan fingerprint density at radius 1 is 1.42 bits per heavy atom. The summed E-state index contributed by atoms with van der Waals surface area (Å²) >= 11 is 3.54. The van der Waals surface area contributed by atoms with E-state index in [9.17, 15) is 29.4 Å². The van der Waals surface area contributed by atoms with Crippen molar-refractivity contribution in [2.75, 3.05) is 18.6 Å². The molecule has 1 saturated heterocycles. The van der Waals surface area contributed by atoms with E-state index in [0.717, 1.165) is 32.3 Å². The number of rotatable bonds is 8. The van der Waals surface area contributed by atoms with E-state index in [-0.39, 0.29) is 39.4 Å². The van der Waals surface area contributed by atoms with Crippen LogP contribution in [0.15, 0.2) is 46.3 Å². The number of fused-ring (bicyclic) bond motifs is 2. The first kappa shape index (κ1) is 25.6. The van der Waals surface area contributed by atoms with E-state index < -0.39 is 35.2 Å². The number of nitrogens with two attached hydrogens (primary N) is 1. The summed E-state index contributed by atoms with van der Waals surface area (Å²) < 4.78 is 2.50. The molecule has 196 valence electrons. The number of nitrogen functional groups attached to an aromatic ring is 1. The number of pyridine rings is 1. The third-order valence-corrected chi connectivity index (χ3v) is 8.90. The van der Waals surface area contributed by atoms with Gasteiger partial charge in [-0.2, -0.15) is 0 Å². The monoisotopic (exact) mass is 574 g/mol. The third kappa shape index (κ3) is 4.57. The zero-order valence-corrected chi connectivity index (χ0v) is 21.9. The second-order valence-electron chi connectivity index (χ2n) is 8.15. The summed E-state index contributed by atoms with van der Waals surface area (Å²) in [6, 6.07) is 2.30. The van der Waals surface area contributed by atoms with Gasteiger partial charge >= 0.3 is 5.97 Å². The van der Waals surface area contributed by atoms with Crippen molar-refractivity contribution in [3.05, 3.63) is 51.7 Å². The van der Waals surface area contributed by atoms with Gasteiger partial charge in [0.25, 0.3) is 11.8 Å². The van der Waals surface area contributed by atoms with E-state index in [1.165, 1.54) is 24.3 Å². The second-order valence-corrected chi connectivity index (χ2v) is 11.2. The molecule has 2 atom stereocenters. The van der Waals surface area contributed by atoms with Crippen molar-refractivity contribution in [1.29, 1.82) is 0 Å². The number of carbonyl (C=O) groups is 4. The number of carboxylic acids is 2. The standard InChI is InChI=1S/C22H18N6O7S3/c1-35-26-14(11-8-37-22(23)24-11)17(29)25-15-18(30)28-16(21(33)34)10(7-36-19(15)28)6-27-3-2-12-9(5-27)4-13(38-12)20(31)32/h2-5,8,15,19H,6-7H2,1H3,(H4-,23,24,25,29,31,32,33,34)/b26-14-/t15-,19-/m1/s1. The molecule has 0 saturated carbocycles. The highest BCUT2D eigenvalue weighted by atomic mass is 32.2. The molecule has 0 radical (unpaired) electrons. The summed E-state index contributed by atoms with van der Waals surface area (Å²) in [5, 5.41) is 29.4. The van der Waals surface area contributed by atoms with Gasteiger partial charge in [-0.05, 0) is 6.07 Å². The number of oxime groups is 1. The molecular formula is C22H18N6O7S3. The van der Waals surface area contributed by atoms with Crippen LogP contribution < -0.4 is 20.7 Å². The summed E-state index contributed by atoms with van der Waals surface area (Å²) in [5.41, 5.74) is 5.85. The van der Waals surface area contributed by atoms with Crippen LogP contribution in [0.4, 0.5) is 5.13 Å². The predicted octanol–water partition coefficient (Wildman–Crippen LogP) is -0.620. The Morgan fingerprint density at radius 3 is 2.87 bits per heavy atom. The molecule has 0 aromatic carbocycles. The molecule has 2 amide bonds. The Labute approximate surface area is 226 Å². The van der Waals surface area contributed by atoms with Crippen LogP contribution in [0.2, 0.25) is 0 Å². The Balaban J connectivity index is 1.36. The normalized spacial score (nSPS) is 19.2. The van der Waals surface area contributed by atoms with Crippen molar-refractivity contribution in [2.24, 2.45) is 5.16 Å². The highest BCUT2D eigenvalue weighted by molar-refractivity contribution is 8.00. The topological polar surface area (TPSA) is 191 Å². The van der Waals surface area contributed by atoms with E-state index in [1.807, 2.05) is 0 Å². The molecule has 5 rings (SSSR count). The predicted molar refractivity (Wildman–Crippen MR) is 136 cm³/mol. The summed E-state index contributed by atoms with van der Waals surface area (Å²) in [4.78, 5) is 59.3. The third-order valence-electron chi connectivity index (χ3n) is 5.79. The summed E-state index contributed by atoms with van der Waals surface area (Å²) in [5.74, 6) is -3.59. The van der Waals surface area contributed by atoms with Gasteiger partial charge in [0.15, 0.2) is 29.8 Å². The first-order valence-electron chi connectivity index (χ1n) is 10.8. The zero-order valence-electron chi connectivity index (χ0n) is 19.4. The van der Waals surface area contributed by atoms with Crippen LogP contribution in [0.25, 0.3) is 10.1 Å². The number of carbonyl (C=O) groups excluding carboxylic acids is 3. The fraction of sp³-hybridized carbons (Fsp3) is 0.227. The van der Waals surface area contributed by atoms with Crippen LogP contribution in [0.3, 0.4) is 0 Å². The van der Waals surface area contributed by atoms with Crippen LogP contribution in [-0.2, 0) is 25.8 Å². The molecule has 0 spiro atoms. The number of thioether (sulfide) groups is 1. The van der Waals surface area contributed by atoms with Gasteiger partial charge in [0.05, 0.1) is 17.1 Å². The van der Waals surface area contributed by atoms with Crippen molar-refractivity contribution in [3.63, 3.8) is 0 Å². The lowest BCUT2D eigenvalue weighted by molar-refractivity contribution is -0.687. The second kappa shape index (κ2) is 10.0. The number of aromatic nitrogens is 2. The molecule has 4 N–H and O–H groups in total. The number of amides is 2. The molecule has 2 aliphatic rings. The minimum absolute atomic E-state index is 0.147. The van der Waals surface area contributed by atoms with Crippen molar-refractivity contribution in [1.82, 2.24) is 15.2 Å². The Bertz CT molecular complexity index is 1560. The molecule has 13 nitrogen and oxygen atoms in total. The van der Waals surface area contributed by atoms with Crippen LogP contribution in [0.5, 0.6) is 0 Å². The van der Waals surface area contributed by atoms with E-state index in [4.69, 9.17) is 10.6 Å². The van der Waals surface area contributed by atoms with Gasteiger partial charge in [-0.15, -0.1) is 34.4 Å². The smallest absolute Gasteiger partial charge is 0.345 e. The maximum absolute atomic E-state index is 13.0. The number of aliphatic carboxylic acids is 1. The Kier molecular flexibility index (Phi) is 6.77. The highest BCUT2D eigenvalue weighted by Gasteiger charge is 2.53. The first-order chi connectivity index (χ1) is 18.2. The summed E-state index contributed by atoms with van der Waals surface area (Å²) in [7, 11) is 1.26. The van der Waals surface area contributed by atoms with Gasteiger partial charge in [-0.1, -0.05) is 5.16 Å². The number of carboxylic acid groups (broad SMARTS) is 2. The number of aromatic carboxylic acids is 1. The number of nitrogens with zero attached hydrogens (tertiary/aromatic N) is 4. The quantitative estimate of drug-likeness (QED) is 0.135. The minimum atomic E-state index is -1.51. The molecule has 3 aromatic heterocycles. The summed E-state index contributed by atoms with van der Waals surface area (Å²) in [6.45, 7) is 0.147. The largest absolute Gasteiger partial charge is 0.543 e. The van der Waals surface area contributed by atoms with Gasteiger partial charge in [0, 0.05) is 27.5 Å². The highest BCUT2D eigenvalue weighted by Crippen LogP contribution is 2.40. The molecule has 3 aromatic rings. The lowest BCUT2D eigenvalue weighted by Gasteiger charge is -2.50. The molecular weight excluding hydrogens is 556 g/mol. The fourth-order valence-electron chi connectivity index (χ4n) is 4.15. The van der Waals surface area contributed by atoms with Gasteiger partial charge in [-0.3, -0.25) is 14.5 Å². The van der Waals surface area contributed by atoms with E-state index in [1.54, 1.807) is 29.1 Å².